The molecule has 0 aliphatic heterocycles. The van der Waals surface area contributed by atoms with Crippen LogP contribution in [-0.2, 0) is 0 Å². The van der Waals surface area contributed by atoms with Crippen molar-refractivity contribution in [3.63, 3.8) is 0 Å². The number of carboxylic acid groups (broad SMARTS) is 1. The molecular weight excluding hydrogens is 294 g/mol. The van der Waals surface area contributed by atoms with Gasteiger partial charge in [0.05, 0.1) is 11.8 Å². The molecule has 0 fully saturated rings. The number of furan rings is 1. The summed E-state index contributed by atoms with van der Waals surface area (Å²) in [6, 6.07) is 8.05. The topological polar surface area (TPSA) is 83.6 Å². The summed E-state index contributed by atoms with van der Waals surface area (Å²) in [4.78, 5) is 15.3. The van der Waals surface area contributed by atoms with Crippen molar-refractivity contribution in [3.8, 4) is 0 Å². The Hall–Kier alpha value is -2.37. The van der Waals surface area contributed by atoms with Crippen molar-refractivity contribution in [2.24, 2.45) is 0 Å². The van der Waals surface area contributed by atoms with Crippen molar-refractivity contribution in [2.75, 3.05) is 0 Å². The summed E-state index contributed by atoms with van der Waals surface area (Å²) < 4.78 is 5.13. The Labute approximate surface area is 124 Å². The molecule has 3 rings (SSSR count). The molecule has 5 nitrogen and oxygen atoms in total. The number of aromatic nitrogens is 1. The standard InChI is InChI=1S/C15H10ClNO4/c16-11-4-3-9(12-8(11)2-1-6-17-12)13(18)14-10(15(19)20)5-7-21-14/h1-7,13,18H,(H,19,20). The summed E-state index contributed by atoms with van der Waals surface area (Å²) in [6.45, 7) is 0. The molecule has 1 unspecified atom stereocenters. The van der Waals surface area contributed by atoms with E-state index in [2.05, 4.69) is 4.98 Å². The van der Waals surface area contributed by atoms with Crippen LogP contribution in [0.1, 0.15) is 27.8 Å². The minimum Gasteiger partial charge on any atom is -0.478 e. The fourth-order valence-corrected chi connectivity index (χ4v) is 2.45. The van der Waals surface area contributed by atoms with Gasteiger partial charge in [-0.05, 0) is 24.3 Å². The van der Waals surface area contributed by atoms with Crippen LogP contribution in [0.4, 0.5) is 0 Å². The Morgan fingerprint density at radius 1 is 1.29 bits per heavy atom. The Morgan fingerprint density at radius 2 is 2.10 bits per heavy atom. The molecule has 0 spiro atoms. The van der Waals surface area contributed by atoms with Crippen LogP contribution in [0.3, 0.4) is 0 Å². The minimum absolute atomic E-state index is 0.0308. The summed E-state index contributed by atoms with van der Waals surface area (Å²) in [5, 5.41) is 20.7. The number of benzene rings is 1. The molecule has 0 amide bonds. The molecule has 1 atom stereocenters. The third-order valence-electron chi connectivity index (χ3n) is 3.22. The highest BCUT2D eigenvalue weighted by Gasteiger charge is 2.24. The molecule has 0 aliphatic carbocycles. The van der Waals surface area contributed by atoms with Gasteiger partial charge in [-0.1, -0.05) is 17.7 Å². The van der Waals surface area contributed by atoms with Crippen LogP contribution < -0.4 is 0 Å². The third kappa shape index (κ3) is 2.26. The Bertz CT molecular complexity index is 827. The number of aliphatic hydroxyl groups is 1. The summed E-state index contributed by atoms with van der Waals surface area (Å²) >= 11 is 6.10. The van der Waals surface area contributed by atoms with E-state index in [0.717, 1.165) is 0 Å². The molecule has 2 aromatic heterocycles. The van der Waals surface area contributed by atoms with Gasteiger partial charge in [-0.15, -0.1) is 0 Å². The number of pyridine rings is 1. The van der Waals surface area contributed by atoms with Gasteiger partial charge in [-0.2, -0.15) is 0 Å². The van der Waals surface area contributed by atoms with Crippen LogP contribution in [0.15, 0.2) is 47.2 Å². The van der Waals surface area contributed by atoms with Gasteiger partial charge in [0.1, 0.15) is 11.7 Å². The summed E-state index contributed by atoms with van der Waals surface area (Å²) in [6.07, 6.45) is 1.57. The SMILES string of the molecule is O=C(O)c1ccoc1C(O)c1ccc(Cl)c2cccnc12. The normalized spacial score (nSPS) is 12.5. The van der Waals surface area contributed by atoms with Crippen LogP contribution in [0.5, 0.6) is 0 Å². The van der Waals surface area contributed by atoms with Crippen LogP contribution in [-0.4, -0.2) is 21.2 Å². The number of rotatable bonds is 3. The lowest BCUT2D eigenvalue weighted by Crippen LogP contribution is -2.06. The number of fused-ring (bicyclic) bond motifs is 1. The number of halogens is 1. The first kappa shape index (κ1) is 13.6. The first-order valence-corrected chi connectivity index (χ1v) is 6.49. The molecule has 0 bridgehead atoms. The van der Waals surface area contributed by atoms with Crippen molar-refractivity contribution in [3.05, 3.63) is 64.7 Å². The van der Waals surface area contributed by atoms with E-state index in [1.807, 2.05) is 0 Å². The molecule has 21 heavy (non-hydrogen) atoms. The zero-order chi connectivity index (χ0) is 15.0. The fraction of sp³-hybridized carbons (Fsp3) is 0.0667. The van der Waals surface area contributed by atoms with Crippen LogP contribution in [0.2, 0.25) is 5.02 Å². The van der Waals surface area contributed by atoms with Crippen molar-refractivity contribution >= 4 is 28.5 Å². The van der Waals surface area contributed by atoms with Gasteiger partial charge in [0.2, 0.25) is 0 Å². The quantitative estimate of drug-likeness (QED) is 0.776. The molecule has 2 N–H and O–H groups in total. The molecule has 2 heterocycles. The predicted octanol–water partition coefficient (Wildman–Crippen LogP) is 3.26. The van der Waals surface area contributed by atoms with Crippen LogP contribution in [0.25, 0.3) is 10.9 Å². The number of hydrogen-bond acceptors (Lipinski definition) is 4. The van der Waals surface area contributed by atoms with Gasteiger partial charge >= 0.3 is 5.97 Å². The number of nitrogens with zero attached hydrogens (tertiary/aromatic N) is 1. The molecule has 0 saturated carbocycles. The van der Waals surface area contributed by atoms with Crippen LogP contribution in [0, 0.1) is 0 Å². The number of aliphatic hydroxyl groups excluding tert-OH is 1. The molecule has 3 aromatic rings. The summed E-state index contributed by atoms with van der Waals surface area (Å²) in [7, 11) is 0. The number of hydrogen-bond donors (Lipinski definition) is 2. The van der Waals surface area contributed by atoms with Gasteiger partial charge in [0.15, 0.2) is 5.76 Å². The van der Waals surface area contributed by atoms with E-state index >= 15 is 0 Å². The monoisotopic (exact) mass is 303 g/mol. The Morgan fingerprint density at radius 3 is 2.86 bits per heavy atom. The maximum absolute atomic E-state index is 11.1. The smallest absolute Gasteiger partial charge is 0.339 e. The van der Waals surface area contributed by atoms with Gasteiger partial charge in [-0.3, -0.25) is 4.98 Å². The van der Waals surface area contributed by atoms with Crippen LogP contribution >= 0.6 is 11.6 Å². The number of carbonyl (C=O) groups is 1. The van der Waals surface area contributed by atoms with E-state index in [0.29, 0.717) is 21.5 Å². The highest BCUT2D eigenvalue weighted by Crippen LogP contribution is 2.33. The molecule has 106 valence electrons. The Kier molecular flexibility index (Phi) is 3.37. The zero-order valence-corrected chi connectivity index (χ0v) is 11.4. The Balaban J connectivity index is 2.18. The predicted molar refractivity (Wildman–Crippen MR) is 76.5 cm³/mol. The molecule has 0 aliphatic rings. The summed E-state index contributed by atoms with van der Waals surface area (Å²) in [5.41, 5.74) is 0.860. The fourth-order valence-electron chi connectivity index (χ4n) is 2.23. The van der Waals surface area contributed by atoms with E-state index in [1.165, 1.54) is 12.3 Å². The van der Waals surface area contributed by atoms with Crippen molar-refractivity contribution in [1.29, 1.82) is 0 Å². The highest BCUT2D eigenvalue weighted by atomic mass is 35.5. The number of carboxylic acids is 1. The molecule has 1 aromatic carbocycles. The van der Waals surface area contributed by atoms with Gasteiger partial charge in [0.25, 0.3) is 0 Å². The van der Waals surface area contributed by atoms with E-state index < -0.39 is 12.1 Å². The maximum atomic E-state index is 11.1. The first-order chi connectivity index (χ1) is 10.1. The third-order valence-corrected chi connectivity index (χ3v) is 3.55. The van der Waals surface area contributed by atoms with E-state index in [-0.39, 0.29) is 11.3 Å². The molecular formula is C15H10ClNO4. The molecule has 0 radical (unpaired) electrons. The second-order valence-corrected chi connectivity index (χ2v) is 4.85. The van der Waals surface area contributed by atoms with Gasteiger partial charge in [0, 0.05) is 22.2 Å². The van der Waals surface area contributed by atoms with Crippen molar-refractivity contribution in [2.45, 2.75) is 6.10 Å². The lowest BCUT2D eigenvalue weighted by Gasteiger charge is -2.12. The second-order valence-electron chi connectivity index (χ2n) is 4.44. The zero-order valence-electron chi connectivity index (χ0n) is 10.7. The maximum Gasteiger partial charge on any atom is 0.339 e. The number of aromatic carboxylic acids is 1. The lowest BCUT2D eigenvalue weighted by atomic mass is 10.0. The lowest BCUT2D eigenvalue weighted by molar-refractivity contribution is 0.0687. The minimum atomic E-state index is -1.24. The second kappa shape index (κ2) is 5.20. The average Bonchev–Trinajstić information content (AvgIpc) is 2.97. The van der Waals surface area contributed by atoms with Gasteiger partial charge in [-0.25, -0.2) is 4.79 Å². The largest absolute Gasteiger partial charge is 0.478 e. The summed E-state index contributed by atoms with van der Waals surface area (Å²) in [5.74, 6) is -1.19. The first-order valence-electron chi connectivity index (χ1n) is 6.11. The average molecular weight is 304 g/mol. The van der Waals surface area contributed by atoms with Crippen molar-refractivity contribution < 1.29 is 19.4 Å². The van der Waals surface area contributed by atoms with E-state index in [1.54, 1.807) is 30.5 Å². The van der Waals surface area contributed by atoms with Crippen molar-refractivity contribution in [1.82, 2.24) is 4.98 Å². The van der Waals surface area contributed by atoms with E-state index in [4.69, 9.17) is 21.1 Å². The molecule has 0 saturated heterocycles. The highest BCUT2D eigenvalue weighted by molar-refractivity contribution is 6.35. The van der Waals surface area contributed by atoms with Gasteiger partial charge < -0.3 is 14.6 Å². The molecule has 6 heteroatoms. The van der Waals surface area contributed by atoms with E-state index in [9.17, 15) is 9.90 Å².